The Bertz CT molecular complexity index is 791. The zero-order chi connectivity index (χ0) is 18.8. The molecule has 1 fully saturated rings. The summed E-state index contributed by atoms with van der Waals surface area (Å²) < 4.78 is 12.0. The summed E-state index contributed by atoms with van der Waals surface area (Å²) >= 11 is 3.67. The Labute approximate surface area is 171 Å². The minimum Gasteiger partial charge on any atom is -0.493 e. The molecule has 2 aliphatic rings. The van der Waals surface area contributed by atoms with E-state index in [-0.39, 0.29) is 11.1 Å². The Morgan fingerprint density at radius 1 is 1.07 bits per heavy atom. The zero-order valence-corrected chi connectivity index (χ0v) is 17.9. The maximum atomic E-state index is 6.20. The van der Waals surface area contributed by atoms with Gasteiger partial charge in [0.2, 0.25) is 0 Å². The van der Waals surface area contributed by atoms with Gasteiger partial charge in [-0.05, 0) is 78.3 Å². The van der Waals surface area contributed by atoms with Crippen molar-refractivity contribution in [2.45, 2.75) is 63.5 Å². The van der Waals surface area contributed by atoms with Crippen LogP contribution in [0.4, 0.5) is 0 Å². The average molecular weight is 429 g/mol. The number of halogens is 1. The number of benzene rings is 2. The van der Waals surface area contributed by atoms with Crippen LogP contribution in [0.5, 0.6) is 5.75 Å². The molecule has 27 heavy (non-hydrogen) atoms. The molecule has 2 aromatic rings. The van der Waals surface area contributed by atoms with Crippen molar-refractivity contribution in [2.75, 3.05) is 6.61 Å². The Balaban J connectivity index is 1.59. The number of rotatable bonds is 4. The summed E-state index contributed by atoms with van der Waals surface area (Å²) in [5.41, 5.74) is 6.92. The van der Waals surface area contributed by atoms with Gasteiger partial charge in [0.05, 0.1) is 12.7 Å². The highest BCUT2D eigenvalue weighted by molar-refractivity contribution is 9.09. The normalized spacial score (nSPS) is 24.9. The van der Waals surface area contributed by atoms with E-state index in [2.05, 4.69) is 66.2 Å². The third kappa shape index (κ3) is 4.41. The van der Waals surface area contributed by atoms with E-state index in [1.165, 1.54) is 27.8 Å². The smallest absolute Gasteiger partial charge is 0.122 e. The van der Waals surface area contributed by atoms with Gasteiger partial charge in [0.25, 0.3) is 0 Å². The molecule has 0 radical (unpaired) electrons. The molecule has 4 rings (SSSR count). The van der Waals surface area contributed by atoms with Crippen molar-refractivity contribution in [1.29, 1.82) is 0 Å². The van der Waals surface area contributed by atoms with Crippen LogP contribution < -0.4 is 4.74 Å². The van der Waals surface area contributed by atoms with Crippen LogP contribution in [0.3, 0.4) is 0 Å². The van der Waals surface area contributed by atoms with Crippen molar-refractivity contribution in [2.24, 2.45) is 5.92 Å². The van der Waals surface area contributed by atoms with Gasteiger partial charge < -0.3 is 9.47 Å². The van der Waals surface area contributed by atoms with E-state index in [1.807, 2.05) is 0 Å². The summed E-state index contributed by atoms with van der Waals surface area (Å²) in [6.07, 6.45) is 6.68. The van der Waals surface area contributed by atoms with Crippen LogP contribution in [-0.2, 0) is 24.0 Å². The topological polar surface area (TPSA) is 18.5 Å². The lowest BCUT2D eigenvalue weighted by Crippen LogP contribution is -2.23. The summed E-state index contributed by atoms with van der Waals surface area (Å²) in [7, 11) is 0. The number of hydrogen-bond donors (Lipinski definition) is 0. The summed E-state index contributed by atoms with van der Waals surface area (Å²) in [5, 5.41) is 0.168. The van der Waals surface area contributed by atoms with Crippen molar-refractivity contribution < 1.29 is 9.47 Å². The van der Waals surface area contributed by atoms with Crippen LogP contribution in [-0.4, -0.2) is 11.6 Å². The van der Waals surface area contributed by atoms with Crippen molar-refractivity contribution >= 4 is 15.9 Å². The molecule has 144 valence electrons. The Hall–Kier alpha value is -1.32. The Morgan fingerprint density at radius 3 is 2.78 bits per heavy atom. The molecule has 2 aromatic carbocycles. The Kier molecular flexibility index (Phi) is 5.89. The monoisotopic (exact) mass is 428 g/mol. The first-order valence-corrected chi connectivity index (χ1v) is 11.2. The van der Waals surface area contributed by atoms with E-state index in [4.69, 9.17) is 9.47 Å². The fourth-order valence-corrected chi connectivity index (χ4v) is 5.28. The molecular weight excluding hydrogens is 400 g/mol. The van der Waals surface area contributed by atoms with Gasteiger partial charge in [0.15, 0.2) is 0 Å². The first kappa shape index (κ1) is 19.0. The van der Waals surface area contributed by atoms with E-state index < -0.39 is 0 Å². The minimum absolute atomic E-state index is 0.168. The summed E-state index contributed by atoms with van der Waals surface area (Å²) in [5.74, 6) is 1.76. The van der Waals surface area contributed by atoms with E-state index in [1.54, 1.807) is 0 Å². The molecule has 0 spiro atoms. The Morgan fingerprint density at radius 2 is 1.96 bits per heavy atom. The third-order valence-corrected chi connectivity index (χ3v) is 6.46. The largest absolute Gasteiger partial charge is 0.493 e. The third-order valence-electron chi connectivity index (χ3n) is 5.87. The highest BCUT2D eigenvalue weighted by atomic mass is 79.9. The molecule has 0 bridgehead atoms. The predicted molar refractivity (Wildman–Crippen MR) is 114 cm³/mol. The van der Waals surface area contributed by atoms with Crippen molar-refractivity contribution in [3.63, 3.8) is 0 Å². The van der Waals surface area contributed by atoms with Gasteiger partial charge >= 0.3 is 0 Å². The highest BCUT2D eigenvalue weighted by Gasteiger charge is 2.27. The molecule has 2 nitrogen and oxygen atoms in total. The SMILES string of the molecule is CCc1ccc([C@H]2C[C@@H](C)CC(Br)O2)cc1Cc1ccc2c(c1)CCCO2. The molecular formula is C24H29BrO2. The maximum Gasteiger partial charge on any atom is 0.122 e. The average Bonchev–Trinajstić information content (AvgIpc) is 2.67. The van der Waals surface area contributed by atoms with E-state index >= 15 is 0 Å². The second-order valence-corrected chi connectivity index (χ2v) is 9.09. The van der Waals surface area contributed by atoms with Gasteiger partial charge in [-0.2, -0.15) is 0 Å². The number of aryl methyl sites for hydroxylation is 2. The lowest BCUT2D eigenvalue weighted by molar-refractivity contribution is -0.0222. The fraction of sp³-hybridized carbons (Fsp3) is 0.500. The van der Waals surface area contributed by atoms with Crippen LogP contribution in [0.1, 0.15) is 67.0 Å². The van der Waals surface area contributed by atoms with Gasteiger partial charge in [0.1, 0.15) is 10.8 Å². The van der Waals surface area contributed by atoms with Gasteiger partial charge in [-0.15, -0.1) is 0 Å². The fourth-order valence-electron chi connectivity index (χ4n) is 4.38. The van der Waals surface area contributed by atoms with Crippen LogP contribution in [0.25, 0.3) is 0 Å². The summed E-state index contributed by atoms with van der Waals surface area (Å²) in [4.78, 5) is 0. The predicted octanol–water partition coefficient (Wildman–Crippen LogP) is 6.37. The van der Waals surface area contributed by atoms with E-state index in [9.17, 15) is 0 Å². The number of fused-ring (bicyclic) bond motifs is 1. The quantitative estimate of drug-likeness (QED) is 0.526. The van der Waals surface area contributed by atoms with Crippen LogP contribution in [0.2, 0.25) is 0 Å². The van der Waals surface area contributed by atoms with E-state index in [0.29, 0.717) is 5.92 Å². The van der Waals surface area contributed by atoms with Crippen LogP contribution in [0.15, 0.2) is 36.4 Å². The molecule has 2 aliphatic heterocycles. The first-order valence-electron chi connectivity index (χ1n) is 10.3. The van der Waals surface area contributed by atoms with Gasteiger partial charge in [-0.1, -0.05) is 60.1 Å². The molecule has 1 saturated heterocycles. The van der Waals surface area contributed by atoms with Gasteiger partial charge in [-0.25, -0.2) is 0 Å². The number of alkyl halides is 1. The van der Waals surface area contributed by atoms with E-state index in [0.717, 1.165) is 50.9 Å². The van der Waals surface area contributed by atoms with Crippen molar-refractivity contribution in [3.8, 4) is 5.75 Å². The maximum absolute atomic E-state index is 6.20. The second-order valence-electron chi connectivity index (χ2n) is 8.06. The summed E-state index contributed by atoms with van der Waals surface area (Å²) in [6, 6.07) is 13.7. The molecule has 0 aromatic heterocycles. The molecule has 0 saturated carbocycles. The second kappa shape index (κ2) is 8.36. The van der Waals surface area contributed by atoms with Crippen molar-refractivity contribution in [1.82, 2.24) is 0 Å². The standard InChI is InChI=1S/C24H29BrO2/c1-3-18-7-8-20(23-11-16(2)12-24(25)27-23)15-21(18)14-17-6-9-22-19(13-17)5-4-10-26-22/h6-9,13,15-16,23-24H,3-5,10-12,14H2,1-2H3/t16-,23-,24?/m1/s1. The van der Waals surface area contributed by atoms with Gasteiger partial charge in [-0.3, -0.25) is 0 Å². The molecule has 1 unspecified atom stereocenters. The number of hydrogen-bond acceptors (Lipinski definition) is 2. The molecule has 0 aliphatic carbocycles. The lowest BCUT2D eigenvalue weighted by atomic mass is 9.89. The summed E-state index contributed by atoms with van der Waals surface area (Å²) in [6.45, 7) is 5.41. The zero-order valence-electron chi connectivity index (χ0n) is 16.3. The molecule has 2 heterocycles. The molecule has 0 amide bonds. The van der Waals surface area contributed by atoms with Crippen molar-refractivity contribution in [3.05, 3.63) is 64.2 Å². The van der Waals surface area contributed by atoms with Crippen LogP contribution in [0, 0.1) is 5.92 Å². The lowest BCUT2D eigenvalue weighted by Gasteiger charge is -2.31. The molecule has 3 heteroatoms. The molecule has 3 atom stereocenters. The first-order chi connectivity index (χ1) is 13.1. The minimum atomic E-state index is 0.168. The van der Waals surface area contributed by atoms with Gasteiger partial charge in [0, 0.05) is 0 Å². The highest BCUT2D eigenvalue weighted by Crippen LogP contribution is 2.37. The number of ether oxygens (including phenoxy) is 2. The molecule has 0 N–H and O–H groups in total. The van der Waals surface area contributed by atoms with Crippen LogP contribution >= 0.6 is 15.9 Å².